The molecule has 0 fully saturated rings. The van der Waals surface area contributed by atoms with Gasteiger partial charge in [-0.2, -0.15) is 0 Å². The van der Waals surface area contributed by atoms with Crippen molar-refractivity contribution in [1.29, 1.82) is 0 Å². The minimum Gasteiger partial charge on any atom is -0.854 e. The number of Topliss-reactive ketones (excluding diaryl/α,β-unsaturated/α-hetero) is 1. The summed E-state index contributed by atoms with van der Waals surface area (Å²) in [6.07, 6.45) is 0. The van der Waals surface area contributed by atoms with Gasteiger partial charge in [0.15, 0.2) is 0 Å². The Morgan fingerprint density at radius 3 is 1.11 bits per heavy atom. The molecule has 0 aliphatic heterocycles. The van der Waals surface area contributed by atoms with Crippen LogP contribution in [-0.4, -0.2) is 42.3 Å². The minimum atomic E-state index is -1.31. The van der Waals surface area contributed by atoms with Gasteiger partial charge in [0.05, 0.1) is 11.9 Å². The van der Waals surface area contributed by atoms with E-state index in [1.54, 1.807) is 0 Å². The molecule has 0 heterocycles. The Morgan fingerprint density at radius 1 is 0.895 bits per heavy atom. The number of ketones is 1. The zero-order chi connectivity index (χ0) is 15.3. The zero-order valence-corrected chi connectivity index (χ0v) is 13.9. The van der Waals surface area contributed by atoms with Crippen molar-refractivity contribution in [3.8, 4) is 0 Å². The van der Waals surface area contributed by atoms with E-state index in [2.05, 4.69) is 0 Å². The summed E-state index contributed by atoms with van der Waals surface area (Å²) >= 11 is 0. The average molecular weight is 288 g/mol. The van der Waals surface area contributed by atoms with Crippen LogP contribution in [0.25, 0.3) is 0 Å². The van der Waals surface area contributed by atoms with E-state index in [1.165, 1.54) is 13.8 Å². The predicted molar refractivity (Wildman–Crippen MR) is 70.0 cm³/mol. The second-order valence-corrected chi connectivity index (χ2v) is 4.77. The van der Waals surface area contributed by atoms with Gasteiger partial charge in [-0.3, -0.25) is 4.79 Å². The Hall–Kier alpha value is -0.408. The Bertz CT molecular complexity index is 195. The fraction of sp³-hybridized carbons (Fsp3) is 0.846. The predicted octanol–water partition coefficient (Wildman–Crippen LogP) is -1.41. The molecule has 0 amide bonds. The van der Waals surface area contributed by atoms with E-state index in [0.29, 0.717) is 11.8 Å². The summed E-state index contributed by atoms with van der Waals surface area (Å²) < 4.78 is 0. The van der Waals surface area contributed by atoms with Crippen LogP contribution in [0, 0.1) is 17.8 Å². The number of rotatable bonds is 4. The van der Waals surface area contributed by atoms with Crippen molar-refractivity contribution in [3.05, 3.63) is 0 Å². The first-order valence-electron chi connectivity index (χ1n) is 5.97. The second-order valence-electron chi connectivity index (χ2n) is 4.77. The molecule has 1 atom stereocenters. The van der Waals surface area contributed by atoms with Crippen molar-refractivity contribution in [3.63, 3.8) is 0 Å². The van der Waals surface area contributed by atoms with Gasteiger partial charge >= 0.3 is 17.4 Å². The van der Waals surface area contributed by atoms with Gasteiger partial charge in [0.2, 0.25) is 0 Å². The van der Waals surface area contributed by atoms with Crippen LogP contribution in [0.3, 0.4) is 0 Å². The van der Waals surface area contributed by atoms with Gasteiger partial charge in [-0.1, -0.05) is 46.5 Å². The SMILES string of the molecule is CC(=O)C(C)C(=O)[O-].CC(C)C[O-].CC(C)C[O-].[Al+3]. The van der Waals surface area contributed by atoms with E-state index in [9.17, 15) is 24.9 Å². The summed E-state index contributed by atoms with van der Waals surface area (Å²) in [6.45, 7) is 10.3. The molecule has 1 unspecified atom stereocenters. The maximum Gasteiger partial charge on any atom is 3.00 e. The van der Waals surface area contributed by atoms with Gasteiger partial charge in [-0.25, -0.2) is 0 Å². The molecule has 19 heavy (non-hydrogen) atoms. The molecular formula is C13H25AlO5. The quantitative estimate of drug-likeness (QED) is 0.467. The van der Waals surface area contributed by atoms with Gasteiger partial charge in [0.1, 0.15) is 5.78 Å². The van der Waals surface area contributed by atoms with E-state index in [4.69, 9.17) is 0 Å². The Balaban J connectivity index is -0.0000000906. The molecule has 5 nitrogen and oxygen atoms in total. The maximum atomic E-state index is 10.2. The molecule has 0 saturated heterocycles. The number of aliphatic carboxylic acids is 1. The number of carbonyl (C=O) groups is 2. The maximum absolute atomic E-state index is 10.2. The largest absolute Gasteiger partial charge is 3.00 e. The smallest absolute Gasteiger partial charge is 0.854 e. The third kappa shape index (κ3) is 31.8. The van der Waals surface area contributed by atoms with Gasteiger partial charge in [-0.15, -0.1) is 13.2 Å². The van der Waals surface area contributed by atoms with Gasteiger partial charge in [0, 0.05) is 0 Å². The number of hydrogen-bond acceptors (Lipinski definition) is 5. The molecule has 0 aromatic carbocycles. The topological polar surface area (TPSA) is 103 Å². The Morgan fingerprint density at radius 2 is 1.11 bits per heavy atom. The Kier molecular flexibility index (Phi) is 25.0. The van der Waals surface area contributed by atoms with Crippen LogP contribution in [0.1, 0.15) is 41.5 Å². The summed E-state index contributed by atoms with van der Waals surface area (Å²) in [4.78, 5) is 20.0. The van der Waals surface area contributed by atoms with Crippen LogP contribution in [0.2, 0.25) is 0 Å². The number of carbonyl (C=O) groups excluding carboxylic acids is 2. The molecule has 0 rings (SSSR count). The molecule has 110 valence electrons. The summed E-state index contributed by atoms with van der Waals surface area (Å²) in [5.74, 6) is -1.98. The number of hydrogen-bond donors (Lipinski definition) is 0. The van der Waals surface area contributed by atoms with Gasteiger partial charge in [-0.05, 0) is 6.92 Å². The van der Waals surface area contributed by atoms with Crippen molar-refractivity contribution < 1.29 is 24.9 Å². The third-order valence-corrected chi connectivity index (χ3v) is 1.63. The summed E-state index contributed by atoms with van der Waals surface area (Å²) in [6, 6.07) is 0. The number of carboxylic acid groups (broad SMARTS) is 1. The molecule has 0 aliphatic rings. The van der Waals surface area contributed by atoms with Crippen molar-refractivity contribution >= 4 is 29.1 Å². The molecule has 0 aliphatic carbocycles. The van der Waals surface area contributed by atoms with Crippen molar-refractivity contribution in [1.82, 2.24) is 0 Å². The average Bonchev–Trinajstić information content (AvgIpc) is 2.29. The molecule has 0 saturated carbocycles. The van der Waals surface area contributed by atoms with E-state index in [1.807, 2.05) is 27.7 Å². The van der Waals surface area contributed by atoms with Crippen molar-refractivity contribution in [2.75, 3.05) is 13.2 Å². The summed E-state index contributed by atoms with van der Waals surface area (Å²) in [7, 11) is 0. The molecule has 0 aromatic heterocycles. The minimum absolute atomic E-state index is 0. The van der Waals surface area contributed by atoms with Crippen molar-refractivity contribution in [2.24, 2.45) is 17.8 Å². The summed E-state index contributed by atoms with van der Waals surface area (Å²) in [5, 5.41) is 29.1. The standard InChI is InChI=1S/C5H8O3.2C4H9O.Al/c1-3(4(2)6)5(7)8;2*1-4(2)3-5;/h3H,1-2H3,(H,7,8);2*4H,3H2,1-2H3;/q;2*-1;+3/p-1. The molecule has 0 bridgehead atoms. The van der Waals surface area contributed by atoms with Crippen LogP contribution in [0.4, 0.5) is 0 Å². The first-order chi connectivity index (χ1) is 8.09. The molecule has 0 N–H and O–H groups in total. The van der Waals surface area contributed by atoms with Gasteiger partial charge in [0.25, 0.3) is 0 Å². The molecule has 0 radical (unpaired) electrons. The monoisotopic (exact) mass is 288 g/mol. The Labute approximate surface area is 127 Å². The first kappa shape index (κ1) is 27.0. The third-order valence-electron chi connectivity index (χ3n) is 1.63. The molecule has 0 aromatic rings. The van der Waals surface area contributed by atoms with Crippen LogP contribution in [0.5, 0.6) is 0 Å². The zero-order valence-electron chi connectivity index (χ0n) is 12.8. The fourth-order valence-corrected chi connectivity index (χ4v) is 0.166. The van der Waals surface area contributed by atoms with E-state index in [0.717, 1.165) is 0 Å². The molecule has 6 heteroatoms. The van der Waals surface area contributed by atoms with E-state index < -0.39 is 11.9 Å². The van der Waals surface area contributed by atoms with Crippen molar-refractivity contribution in [2.45, 2.75) is 41.5 Å². The van der Waals surface area contributed by atoms with Gasteiger partial charge < -0.3 is 20.1 Å². The fourth-order valence-electron chi connectivity index (χ4n) is 0.166. The second kappa shape index (κ2) is 17.6. The molecule has 0 spiro atoms. The van der Waals surface area contributed by atoms with Crippen LogP contribution in [-0.2, 0) is 9.59 Å². The number of carboxylic acids is 1. The van der Waals surface area contributed by atoms with Crippen LogP contribution < -0.4 is 15.3 Å². The van der Waals surface area contributed by atoms with E-state index in [-0.39, 0.29) is 36.4 Å². The van der Waals surface area contributed by atoms with E-state index >= 15 is 0 Å². The summed E-state index contributed by atoms with van der Waals surface area (Å²) in [5.41, 5.74) is 0. The first-order valence-corrected chi connectivity index (χ1v) is 5.97. The molecular weight excluding hydrogens is 263 g/mol. The normalized spacial score (nSPS) is 10.4. The van der Waals surface area contributed by atoms with Crippen LogP contribution in [0.15, 0.2) is 0 Å². The van der Waals surface area contributed by atoms with Crippen LogP contribution >= 0.6 is 0 Å².